The van der Waals surface area contributed by atoms with Gasteiger partial charge in [-0.2, -0.15) is 5.10 Å². The number of hydrogen-bond donors (Lipinski definition) is 1. The van der Waals surface area contributed by atoms with Crippen molar-refractivity contribution in [1.29, 1.82) is 0 Å². The third-order valence-corrected chi connectivity index (χ3v) is 5.02. The standard InChI is InChI=1S/C22H23FN4O.ClH/c1-26(22(28)20-12-18(23)13-24-20)14-17-15-27(19-10-6-3-7-11-19)25-21(17)16-8-4-2-5-9-16;/h2-11,15,18,20,24H,12-14H2,1H3;1H/t18-,20+;/m0./s1. The number of amides is 1. The minimum atomic E-state index is -0.955. The minimum absolute atomic E-state index is 0. The van der Waals surface area contributed by atoms with Crippen molar-refractivity contribution in [3.8, 4) is 16.9 Å². The largest absolute Gasteiger partial charge is 0.340 e. The predicted octanol–water partition coefficient (Wildman–Crippen LogP) is 3.62. The molecule has 1 saturated heterocycles. The Labute approximate surface area is 175 Å². The molecule has 2 aromatic carbocycles. The van der Waals surface area contributed by atoms with Crippen LogP contribution in [-0.4, -0.2) is 46.4 Å². The number of aromatic nitrogens is 2. The van der Waals surface area contributed by atoms with E-state index >= 15 is 0 Å². The first-order valence-electron chi connectivity index (χ1n) is 9.43. The fraction of sp³-hybridized carbons (Fsp3) is 0.273. The molecule has 0 radical (unpaired) electrons. The van der Waals surface area contributed by atoms with E-state index in [0.717, 1.165) is 22.5 Å². The van der Waals surface area contributed by atoms with E-state index in [2.05, 4.69) is 5.32 Å². The molecule has 0 saturated carbocycles. The fourth-order valence-corrected chi connectivity index (χ4v) is 3.56. The number of carbonyl (C=O) groups is 1. The number of alkyl halides is 1. The minimum Gasteiger partial charge on any atom is -0.340 e. The van der Waals surface area contributed by atoms with E-state index in [1.165, 1.54) is 0 Å². The highest BCUT2D eigenvalue weighted by molar-refractivity contribution is 5.85. The van der Waals surface area contributed by atoms with Crippen molar-refractivity contribution in [3.63, 3.8) is 0 Å². The second-order valence-electron chi connectivity index (χ2n) is 7.14. The quantitative estimate of drug-likeness (QED) is 0.693. The smallest absolute Gasteiger partial charge is 0.239 e. The third-order valence-electron chi connectivity index (χ3n) is 5.02. The number of likely N-dealkylation sites (N-methyl/N-ethyl adjacent to an activating group) is 1. The van der Waals surface area contributed by atoms with Gasteiger partial charge in [-0.3, -0.25) is 4.79 Å². The Balaban J connectivity index is 0.00000240. The Morgan fingerprint density at radius 3 is 2.45 bits per heavy atom. The second-order valence-corrected chi connectivity index (χ2v) is 7.14. The van der Waals surface area contributed by atoms with Crippen LogP contribution in [0.15, 0.2) is 66.9 Å². The lowest BCUT2D eigenvalue weighted by Gasteiger charge is -2.21. The number of para-hydroxylation sites is 1. The van der Waals surface area contributed by atoms with Gasteiger partial charge in [0, 0.05) is 43.9 Å². The third kappa shape index (κ3) is 4.66. The first-order chi connectivity index (χ1) is 13.6. The molecule has 7 heteroatoms. The molecule has 0 aliphatic carbocycles. The molecule has 0 unspecified atom stereocenters. The lowest BCUT2D eigenvalue weighted by molar-refractivity contribution is -0.132. The van der Waals surface area contributed by atoms with Crippen LogP contribution in [0.2, 0.25) is 0 Å². The van der Waals surface area contributed by atoms with Crippen molar-refractivity contribution in [2.45, 2.75) is 25.2 Å². The number of rotatable bonds is 5. The molecule has 1 amide bonds. The van der Waals surface area contributed by atoms with Gasteiger partial charge in [0.25, 0.3) is 0 Å². The molecule has 152 valence electrons. The zero-order valence-electron chi connectivity index (χ0n) is 16.2. The van der Waals surface area contributed by atoms with Crippen LogP contribution < -0.4 is 5.32 Å². The molecule has 2 heterocycles. The van der Waals surface area contributed by atoms with Crippen LogP contribution >= 0.6 is 12.4 Å². The van der Waals surface area contributed by atoms with Crippen LogP contribution in [-0.2, 0) is 11.3 Å². The van der Waals surface area contributed by atoms with E-state index in [4.69, 9.17) is 5.10 Å². The topological polar surface area (TPSA) is 50.2 Å². The van der Waals surface area contributed by atoms with Crippen molar-refractivity contribution >= 4 is 18.3 Å². The van der Waals surface area contributed by atoms with Crippen molar-refractivity contribution in [1.82, 2.24) is 20.0 Å². The Morgan fingerprint density at radius 2 is 1.83 bits per heavy atom. The Morgan fingerprint density at radius 1 is 1.17 bits per heavy atom. The van der Waals surface area contributed by atoms with Gasteiger partial charge in [-0.05, 0) is 12.1 Å². The SMILES string of the molecule is CN(Cc1cn(-c2ccccc2)nc1-c1ccccc1)C(=O)[C@H]1C[C@H](F)CN1.Cl. The van der Waals surface area contributed by atoms with Crippen LogP contribution in [0.1, 0.15) is 12.0 Å². The van der Waals surface area contributed by atoms with Crippen molar-refractivity contribution in [2.75, 3.05) is 13.6 Å². The molecule has 4 rings (SSSR count). The van der Waals surface area contributed by atoms with Gasteiger partial charge in [0.1, 0.15) is 6.17 Å². The maximum atomic E-state index is 13.5. The molecule has 1 aromatic heterocycles. The first kappa shape index (κ1) is 21.0. The first-order valence-corrected chi connectivity index (χ1v) is 9.43. The number of benzene rings is 2. The van der Waals surface area contributed by atoms with Crippen molar-refractivity contribution in [3.05, 3.63) is 72.4 Å². The summed E-state index contributed by atoms with van der Waals surface area (Å²) in [5.41, 5.74) is 3.74. The fourth-order valence-electron chi connectivity index (χ4n) is 3.56. The summed E-state index contributed by atoms with van der Waals surface area (Å²) in [4.78, 5) is 14.3. The lowest BCUT2D eigenvalue weighted by Crippen LogP contribution is -2.41. The normalized spacial score (nSPS) is 18.3. The molecule has 0 spiro atoms. The van der Waals surface area contributed by atoms with E-state index in [1.54, 1.807) is 11.9 Å². The molecule has 1 N–H and O–H groups in total. The molecule has 1 aliphatic heterocycles. The van der Waals surface area contributed by atoms with Gasteiger partial charge in [-0.25, -0.2) is 9.07 Å². The Bertz CT molecular complexity index is 948. The average molecular weight is 415 g/mol. The molecule has 29 heavy (non-hydrogen) atoms. The van der Waals surface area contributed by atoms with Gasteiger partial charge in [-0.15, -0.1) is 12.4 Å². The number of hydrogen-bond acceptors (Lipinski definition) is 3. The van der Waals surface area contributed by atoms with Gasteiger partial charge in [-0.1, -0.05) is 48.5 Å². The highest BCUT2D eigenvalue weighted by Gasteiger charge is 2.31. The maximum Gasteiger partial charge on any atom is 0.239 e. The van der Waals surface area contributed by atoms with E-state index in [-0.39, 0.29) is 31.3 Å². The molecule has 1 aliphatic rings. The van der Waals surface area contributed by atoms with Crippen LogP contribution in [0.5, 0.6) is 0 Å². The molecule has 3 aromatic rings. The van der Waals surface area contributed by atoms with Crippen LogP contribution in [0, 0.1) is 0 Å². The second kappa shape index (κ2) is 9.20. The summed E-state index contributed by atoms with van der Waals surface area (Å²) in [6.07, 6.45) is 1.24. The maximum absolute atomic E-state index is 13.5. The number of halogens is 2. The van der Waals surface area contributed by atoms with Gasteiger partial charge >= 0.3 is 0 Å². The molecule has 5 nitrogen and oxygen atoms in total. The summed E-state index contributed by atoms with van der Waals surface area (Å²) in [6.45, 7) is 0.649. The number of nitrogens with one attached hydrogen (secondary N) is 1. The molecule has 2 atom stereocenters. The molecule has 0 bridgehead atoms. The van der Waals surface area contributed by atoms with Crippen LogP contribution in [0.4, 0.5) is 4.39 Å². The zero-order valence-corrected chi connectivity index (χ0v) is 17.0. The monoisotopic (exact) mass is 414 g/mol. The summed E-state index contributed by atoms with van der Waals surface area (Å²) in [5, 5.41) is 7.74. The Hall–Kier alpha value is -2.70. The van der Waals surface area contributed by atoms with Crippen molar-refractivity contribution < 1.29 is 9.18 Å². The number of nitrogens with zero attached hydrogens (tertiary/aromatic N) is 3. The van der Waals surface area contributed by atoms with E-state index in [1.807, 2.05) is 71.5 Å². The molecular weight excluding hydrogens is 391 g/mol. The van der Waals surface area contributed by atoms with Crippen LogP contribution in [0.3, 0.4) is 0 Å². The van der Waals surface area contributed by atoms with Gasteiger partial charge in [0.2, 0.25) is 5.91 Å². The van der Waals surface area contributed by atoms with E-state index in [9.17, 15) is 9.18 Å². The highest BCUT2D eigenvalue weighted by Crippen LogP contribution is 2.25. The summed E-state index contributed by atoms with van der Waals surface area (Å²) >= 11 is 0. The average Bonchev–Trinajstić information content (AvgIpc) is 3.35. The van der Waals surface area contributed by atoms with Gasteiger partial charge in [0.05, 0.1) is 17.4 Å². The number of carbonyl (C=O) groups excluding carboxylic acids is 1. The van der Waals surface area contributed by atoms with E-state index in [0.29, 0.717) is 6.54 Å². The van der Waals surface area contributed by atoms with Crippen LogP contribution in [0.25, 0.3) is 16.9 Å². The zero-order chi connectivity index (χ0) is 19.5. The summed E-state index contributed by atoms with van der Waals surface area (Å²) in [5.74, 6) is -0.0911. The van der Waals surface area contributed by atoms with Crippen molar-refractivity contribution in [2.24, 2.45) is 0 Å². The molecule has 1 fully saturated rings. The molecular formula is C22H24ClFN4O. The predicted molar refractivity (Wildman–Crippen MR) is 114 cm³/mol. The van der Waals surface area contributed by atoms with Gasteiger partial charge in [0.15, 0.2) is 0 Å². The summed E-state index contributed by atoms with van der Waals surface area (Å²) in [6, 6.07) is 19.3. The Kier molecular flexibility index (Phi) is 6.67. The van der Waals surface area contributed by atoms with E-state index < -0.39 is 12.2 Å². The van der Waals surface area contributed by atoms with Gasteiger partial charge < -0.3 is 10.2 Å². The highest BCUT2D eigenvalue weighted by atomic mass is 35.5. The summed E-state index contributed by atoms with van der Waals surface area (Å²) < 4.78 is 15.3. The lowest BCUT2D eigenvalue weighted by atomic mass is 10.1. The summed E-state index contributed by atoms with van der Waals surface area (Å²) in [7, 11) is 1.75.